The zero-order valence-electron chi connectivity index (χ0n) is 21.2. The Morgan fingerprint density at radius 2 is 1.22 bits per heavy atom. The fourth-order valence-electron chi connectivity index (χ4n) is 2.38. The summed E-state index contributed by atoms with van der Waals surface area (Å²) >= 11 is 0. The van der Waals surface area contributed by atoms with Gasteiger partial charge in [-0.05, 0) is 20.8 Å². The molecule has 0 saturated carbocycles. The second-order valence-corrected chi connectivity index (χ2v) is 8.03. The topological polar surface area (TPSA) is 216 Å². The molecule has 16 heteroatoms. The van der Waals surface area contributed by atoms with Crippen LogP contribution in [0.25, 0.3) is 0 Å². The third-order valence-electron chi connectivity index (χ3n) is 4.10. The van der Waals surface area contributed by atoms with Crippen molar-refractivity contribution in [3.63, 3.8) is 0 Å². The van der Waals surface area contributed by atoms with Gasteiger partial charge in [0, 0.05) is 32.6 Å². The number of ether oxygens (including phenoxy) is 1. The summed E-state index contributed by atoms with van der Waals surface area (Å²) in [7, 11) is 2.68. The lowest BCUT2D eigenvalue weighted by Crippen LogP contribution is -2.56. The molecule has 0 aliphatic heterocycles. The van der Waals surface area contributed by atoms with Gasteiger partial charge in [-0.15, -0.1) is 0 Å². The Bertz CT molecular complexity index is 818. The van der Waals surface area contributed by atoms with Gasteiger partial charge in [0.25, 0.3) is 5.91 Å². The highest BCUT2D eigenvalue weighted by atomic mass is 16.5. The van der Waals surface area contributed by atoms with Crippen molar-refractivity contribution in [3.8, 4) is 0 Å². The quantitative estimate of drug-likeness (QED) is 0.113. The molecular weight excluding hydrogens is 480 g/mol. The van der Waals surface area contributed by atoms with Crippen LogP contribution < -0.4 is 37.3 Å². The molecule has 0 unspecified atom stereocenters. The lowest BCUT2D eigenvalue weighted by Gasteiger charge is -2.29. The summed E-state index contributed by atoms with van der Waals surface area (Å²) in [6.07, 6.45) is -0.185. The van der Waals surface area contributed by atoms with Crippen LogP contribution in [0.1, 0.15) is 27.2 Å². The Balaban J connectivity index is 4.32. The van der Waals surface area contributed by atoms with Crippen LogP contribution in [-0.4, -0.2) is 106 Å². The van der Waals surface area contributed by atoms with Gasteiger partial charge in [0.1, 0.15) is 13.2 Å². The van der Waals surface area contributed by atoms with E-state index in [1.807, 2.05) is 0 Å². The second-order valence-electron chi connectivity index (χ2n) is 8.03. The minimum atomic E-state index is -1.05. The zero-order valence-corrected chi connectivity index (χ0v) is 21.2. The van der Waals surface area contributed by atoms with Gasteiger partial charge in [0.05, 0.1) is 19.6 Å². The van der Waals surface area contributed by atoms with Crippen LogP contribution in [0.2, 0.25) is 0 Å². The van der Waals surface area contributed by atoms with Gasteiger partial charge in [0.2, 0.25) is 29.5 Å². The van der Waals surface area contributed by atoms with Crippen molar-refractivity contribution >= 4 is 41.5 Å². The van der Waals surface area contributed by atoms with E-state index in [2.05, 4.69) is 37.3 Å². The number of likely N-dealkylation sites (N-methyl/N-ethyl adjacent to an activating group) is 2. The molecule has 0 aliphatic carbocycles. The van der Waals surface area contributed by atoms with Crippen LogP contribution in [0.5, 0.6) is 0 Å². The summed E-state index contributed by atoms with van der Waals surface area (Å²) < 4.78 is 4.90. The van der Waals surface area contributed by atoms with Crippen molar-refractivity contribution in [1.82, 2.24) is 42.3 Å². The van der Waals surface area contributed by atoms with Crippen LogP contribution in [0.4, 0.5) is 4.79 Å². The number of nitrogens with zero attached hydrogens (tertiary/aromatic N) is 1. The van der Waals surface area contributed by atoms with Gasteiger partial charge in [-0.25, -0.2) is 9.80 Å². The molecule has 0 atom stereocenters. The minimum absolute atomic E-state index is 0.185. The maximum absolute atomic E-state index is 12.3. The van der Waals surface area contributed by atoms with Crippen LogP contribution in [0, 0.1) is 0 Å². The van der Waals surface area contributed by atoms with E-state index in [-0.39, 0.29) is 37.9 Å². The van der Waals surface area contributed by atoms with Crippen LogP contribution >= 0.6 is 0 Å². The number of carbonyl (C=O) groups excluding carboxylic acids is 7. The highest BCUT2D eigenvalue weighted by Gasteiger charge is 2.26. The Morgan fingerprint density at radius 1 is 0.722 bits per heavy atom. The second kappa shape index (κ2) is 16.6. The van der Waals surface area contributed by atoms with Crippen molar-refractivity contribution in [3.05, 3.63) is 0 Å². The smallest absolute Gasteiger partial charge is 0.336 e. The number of rotatable bonds is 14. The fourth-order valence-corrected chi connectivity index (χ4v) is 2.38. The van der Waals surface area contributed by atoms with Crippen molar-refractivity contribution < 1.29 is 38.3 Å². The van der Waals surface area contributed by atoms with Gasteiger partial charge >= 0.3 is 6.03 Å². The Kier molecular flexibility index (Phi) is 14.8. The van der Waals surface area contributed by atoms with Crippen LogP contribution in [0.15, 0.2) is 0 Å². The van der Waals surface area contributed by atoms with E-state index < -0.39 is 48.4 Å². The number of carbonyl (C=O) groups is 7. The van der Waals surface area contributed by atoms with E-state index in [1.54, 1.807) is 20.8 Å². The number of hydrazine groups is 1. The number of hydrogen-bond acceptors (Lipinski definition) is 8. The first-order valence-electron chi connectivity index (χ1n) is 11.0. The van der Waals surface area contributed by atoms with Gasteiger partial charge in [0.15, 0.2) is 0 Å². The predicted molar refractivity (Wildman–Crippen MR) is 126 cm³/mol. The number of urea groups is 1. The maximum atomic E-state index is 12.3. The fraction of sp³-hybridized carbons (Fsp3) is 0.650. The highest BCUT2D eigenvalue weighted by Crippen LogP contribution is 2.08. The SMILES string of the molecule is CCNC(=O)COCC(=O)NCC(=O)NN(C)C(=O)NC(C)(C)CC(=O)NCC(=O)NCC(=O)NC. The van der Waals surface area contributed by atoms with Crippen molar-refractivity contribution in [2.24, 2.45) is 0 Å². The summed E-state index contributed by atoms with van der Waals surface area (Å²) in [5.74, 6) is -3.19. The molecule has 0 aliphatic rings. The molecule has 7 N–H and O–H groups in total. The largest absolute Gasteiger partial charge is 0.362 e. The lowest BCUT2D eigenvalue weighted by atomic mass is 10.0. The molecule has 0 rings (SSSR count). The molecular formula is C20H36N8O8. The molecule has 204 valence electrons. The van der Waals surface area contributed by atoms with E-state index in [0.29, 0.717) is 6.54 Å². The van der Waals surface area contributed by atoms with Gasteiger partial charge in [-0.2, -0.15) is 0 Å². The molecule has 16 nitrogen and oxygen atoms in total. The Labute approximate surface area is 208 Å². The van der Waals surface area contributed by atoms with Gasteiger partial charge < -0.3 is 36.6 Å². The molecule has 0 fully saturated rings. The third kappa shape index (κ3) is 15.8. The zero-order chi connectivity index (χ0) is 27.7. The molecule has 0 saturated heterocycles. The number of amides is 8. The number of nitrogens with one attached hydrogen (secondary N) is 7. The Hall–Kier alpha value is -3.95. The van der Waals surface area contributed by atoms with E-state index in [1.165, 1.54) is 14.1 Å². The van der Waals surface area contributed by atoms with Gasteiger partial charge in [-0.1, -0.05) is 0 Å². The van der Waals surface area contributed by atoms with Crippen LogP contribution in [-0.2, 0) is 33.5 Å². The van der Waals surface area contributed by atoms with E-state index in [4.69, 9.17) is 4.74 Å². The third-order valence-corrected chi connectivity index (χ3v) is 4.10. The molecule has 0 aromatic carbocycles. The molecule has 0 heterocycles. The van der Waals surface area contributed by atoms with Gasteiger partial charge in [-0.3, -0.25) is 34.2 Å². The number of hydrogen-bond donors (Lipinski definition) is 7. The molecule has 0 radical (unpaired) electrons. The van der Waals surface area contributed by atoms with Crippen molar-refractivity contribution in [1.29, 1.82) is 0 Å². The molecule has 0 bridgehead atoms. The minimum Gasteiger partial charge on any atom is -0.362 e. The van der Waals surface area contributed by atoms with Crippen molar-refractivity contribution in [2.45, 2.75) is 32.7 Å². The summed E-state index contributed by atoms with van der Waals surface area (Å²) in [5.41, 5.74) is 1.20. The first-order chi connectivity index (χ1) is 16.8. The Morgan fingerprint density at radius 3 is 1.81 bits per heavy atom. The summed E-state index contributed by atoms with van der Waals surface area (Å²) in [5, 5.41) is 15.2. The molecule has 8 amide bonds. The summed E-state index contributed by atoms with van der Waals surface area (Å²) in [4.78, 5) is 82.0. The average Bonchev–Trinajstić information content (AvgIpc) is 2.79. The van der Waals surface area contributed by atoms with E-state index in [9.17, 15) is 33.6 Å². The predicted octanol–water partition coefficient (Wildman–Crippen LogP) is -3.92. The molecule has 0 aromatic heterocycles. The maximum Gasteiger partial charge on any atom is 0.336 e. The molecule has 0 aromatic rings. The molecule has 0 spiro atoms. The monoisotopic (exact) mass is 516 g/mol. The average molecular weight is 517 g/mol. The first-order valence-corrected chi connectivity index (χ1v) is 11.0. The molecule has 36 heavy (non-hydrogen) atoms. The lowest BCUT2D eigenvalue weighted by molar-refractivity contribution is -0.133. The first kappa shape index (κ1) is 32.0. The standard InChI is InChI=1S/C20H36N8O8/c1-6-22-17(33)11-36-12-18(34)25-10-16(32)27-28(5)19(35)26-20(2,3)7-13(29)23-9-15(31)24-8-14(30)21-4/h6-12H2,1-5H3,(H,21,30)(H,22,33)(H,23,29)(H,24,31)(H,25,34)(H,26,35)(H,27,32). The normalized spacial score (nSPS) is 10.4. The van der Waals surface area contributed by atoms with Crippen LogP contribution in [0.3, 0.4) is 0 Å². The highest BCUT2D eigenvalue weighted by molar-refractivity contribution is 5.89. The van der Waals surface area contributed by atoms with E-state index >= 15 is 0 Å². The van der Waals surface area contributed by atoms with Crippen molar-refractivity contribution in [2.75, 3.05) is 53.5 Å². The summed E-state index contributed by atoms with van der Waals surface area (Å²) in [6.45, 7) is 3.55. The van der Waals surface area contributed by atoms with E-state index in [0.717, 1.165) is 5.01 Å². The summed E-state index contributed by atoms with van der Waals surface area (Å²) in [6, 6.07) is -0.735.